The number of rotatable bonds is 5. The van der Waals surface area contributed by atoms with E-state index in [0.29, 0.717) is 50.4 Å². The Hall–Kier alpha value is -1.49. The summed E-state index contributed by atoms with van der Waals surface area (Å²) < 4.78 is 29.8. The van der Waals surface area contributed by atoms with Crippen molar-refractivity contribution in [1.29, 1.82) is 0 Å². The molecule has 160 valence electrons. The van der Waals surface area contributed by atoms with Crippen LogP contribution in [0.25, 0.3) is 0 Å². The molecule has 0 radical (unpaired) electrons. The third-order valence-corrected chi connectivity index (χ3v) is 9.09. The lowest BCUT2D eigenvalue weighted by molar-refractivity contribution is 0.0901. The van der Waals surface area contributed by atoms with Crippen molar-refractivity contribution in [1.82, 2.24) is 24.1 Å². The number of aromatic amines is 1. The number of carbonyl (C=O) groups is 1. The average Bonchev–Trinajstić information content (AvgIpc) is 3.34. The van der Waals surface area contributed by atoms with Crippen molar-refractivity contribution in [3.8, 4) is 0 Å². The van der Waals surface area contributed by atoms with E-state index in [-0.39, 0.29) is 30.1 Å². The van der Waals surface area contributed by atoms with Crippen LogP contribution in [0.1, 0.15) is 73.5 Å². The minimum absolute atomic E-state index is 0.0118. The maximum absolute atomic E-state index is 13.2. The van der Waals surface area contributed by atoms with Crippen LogP contribution in [0.2, 0.25) is 0 Å². The fourth-order valence-electron chi connectivity index (χ4n) is 5.18. The van der Waals surface area contributed by atoms with E-state index in [1.165, 1.54) is 0 Å². The standard InChI is InChI=1S/C19H30N6O3S/c20-13-5-7-24(8-6-13)29(27,28)25-15-3-4-16(25)10-14(9-15)21-19(26)18-11-17(22-23-18)12-1-2-12/h11-16H,1-10,20H2,(H,21,26)(H,22,23)/t14-,15+,16-. The fourth-order valence-corrected chi connectivity index (χ4v) is 7.26. The number of aromatic nitrogens is 2. The van der Waals surface area contributed by atoms with Gasteiger partial charge in [-0.1, -0.05) is 0 Å². The third-order valence-electron chi connectivity index (χ3n) is 6.94. The number of fused-ring (bicyclic) bond motifs is 2. The number of hydrogen-bond acceptors (Lipinski definition) is 5. The zero-order valence-electron chi connectivity index (χ0n) is 16.6. The summed E-state index contributed by atoms with van der Waals surface area (Å²) in [5.74, 6) is 0.358. The molecule has 2 bridgehead atoms. The zero-order valence-corrected chi connectivity index (χ0v) is 17.4. The maximum Gasteiger partial charge on any atom is 0.282 e. The zero-order chi connectivity index (χ0) is 20.2. The second-order valence-electron chi connectivity index (χ2n) is 9.08. The summed E-state index contributed by atoms with van der Waals surface area (Å²) in [5, 5.41) is 10.2. The van der Waals surface area contributed by atoms with Crippen molar-refractivity contribution >= 4 is 16.1 Å². The third kappa shape index (κ3) is 3.71. The van der Waals surface area contributed by atoms with E-state index >= 15 is 0 Å². The molecule has 10 heteroatoms. The monoisotopic (exact) mass is 422 g/mol. The van der Waals surface area contributed by atoms with Crippen LogP contribution in [-0.2, 0) is 10.2 Å². The number of nitrogens with two attached hydrogens (primary N) is 1. The first-order valence-corrected chi connectivity index (χ1v) is 12.2. The summed E-state index contributed by atoms with van der Waals surface area (Å²) in [6.45, 7) is 1.00. The van der Waals surface area contributed by atoms with E-state index in [2.05, 4.69) is 15.5 Å². The molecule has 1 aliphatic carbocycles. The van der Waals surface area contributed by atoms with Crippen LogP contribution in [0.4, 0.5) is 0 Å². The van der Waals surface area contributed by atoms with E-state index in [9.17, 15) is 13.2 Å². The van der Waals surface area contributed by atoms with E-state index in [1.54, 1.807) is 8.61 Å². The Morgan fingerprint density at radius 3 is 2.38 bits per heavy atom. The fraction of sp³-hybridized carbons (Fsp3) is 0.789. The van der Waals surface area contributed by atoms with Crippen molar-refractivity contribution in [2.24, 2.45) is 5.73 Å². The largest absolute Gasteiger partial charge is 0.348 e. The van der Waals surface area contributed by atoms with E-state index in [4.69, 9.17) is 5.73 Å². The first-order valence-electron chi connectivity index (χ1n) is 10.8. The Morgan fingerprint density at radius 1 is 1.10 bits per heavy atom. The van der Waals surface area contributed by atoms with Crippen molar-refractivity contribution < 1.29 is 13.2 Å². The van der Waals surface area contributed by atoms with Crippen molar-refractivity contribution in [2.75, 3.05) is 13.1 Å². The molecule has 3 atom stereocenters. The van der Waals surface area contributed by atoms with Crippen LogP contribution in [0.3, 0.4) is 0 Å². The minimum Gasteiger partial charge on any atom is -0.348 e. The van der Waals surface area contributed by atoms with E-state index in [1.807, 2.05) is 6.07 Å². The molecule has 1 aromatic heterocycles. The molecule has 29 heavy (non-hydrogen) atoms. The first-order chi connectivity index (χ1) is 13.9. The van der Waals surface area contributed by atoms with Gasteiger partial charge in [-0.2, -0.15) is 22.1 Å². The number of H-pyrrole nitrogens is 1. The number of nitrogens with one attached hydrogen (secondary N) is 2. The summed E-state index contributed by atoms with van der Waals surface area (Å²) >= 11 is 0. The van der Waals surface area contributed by atoms with Crippen LogP contribution in [-0.4, -0.2) is 70.4 Å². The van der Waals surface area contributed by atoms with Gasteiger partial charge >= 0.3 is 0 Å². The van der Waals surface area contributed by atoms with Crippen molar-refractivity contribution in [2.45, 2.75) is 81.5 Å². The van der Waals surface area contributed by atoms with Crippen LogP contribution in [0.15, 0.2) is 6.07 Å². The molecule has 9 nitrogen and oxygen atoms in total. The van der Waals surface area contributed by atoms with Crippen LogP contribution in [0.5, 0.6) is 0 Å². The quantitative estimate of drug-likeness (QED) is 0.644. The van der Waals surface area contributed by atoms with Gasteiger partial charge in [-0.3, -0.25) is 9.89 Å². The predicted molar refractivity (Wildman–Crippen MR) is 107 cm³/mol. The SMILES string of the molecule is NC1CCN(S(=O)(=O)N2[C@@H]3CC[C@H]2C[C@@H](NC(=O)c2cc(C4CC4)[nH]n2)C3)CC1. The lowest BCUT2D eigenvalue weighted by Crippen LogP contribution is -2.57. The molecular weight excluding hydrogens is 392 g/mol. The molecule has 0 aromatic carbocycles. The second-order valence-corrected chi connectivity index (χ2v) is 10.9. The average molecular weight is 423 g/mol. The molecule has 3 saturated heterocycles. The Balaban J connectivity index is 1.23. The topological polar surface area (TPSA) is 124 Å². The van der Waals surface area contributed by atoms with Gasteiger partial charge in [0, 0.05) is 48.9 Å². The Morgan fingerprint density at radius 2 is 1.76 bits per heavy atom. The Kier molecular flexibility index (Phi) is 4.92. The number of piperidine rings is 2. The van der Waals surface area contributed by atoms with Gasteiger partial charge in [0.15, 0.2) is 0 Å². The Labute approximate surface area is 171 Å². The molecular formula is C19H30N6O3S. The van der Waals surface area contributed by atoms with Gasteiger partial charge < -0.3 is 11.1 Å². The maximum atomic E-state index is 13.2. The minimum atomic E-state index is -3.47. The summed E-state index contributed by atoms with van der Waals surface area (Å²) in [6, 6.07) is 1.85. The number of nitrogens with zero attached hydrogens (tertiary/aromatic N) is 3. The summed E-state index contributed by atoms with van der Waals surface area (Å²) in [4.78, 5) is 12.6. The molecule has 0 spiro atoms. The van der Waals surface area contributed by atoms with Crippen LogP contribution >= 0.6 is 0 Å². The van der Waals surface area contributed by atoms with Crippen molar-refractivity contribution in [3.05, 3.63) is 17.5 Å². The summed E-state index contributed by atoms with van der Waals surface area (Å²) in [7, 11) is -3.47. The number of amides is 1. The van der Waals surface area contributed by atoms with Crippen molar-refractivity contribution in [3.63, 3.8) is 0 Å². The van der Waals surface area contributed by atoms with Crippen LogP contribution in [0, 0.1) is 0 Å². The first kappa shape index (κ1) is 19.5. The molecule has 1 aromatic rings. The van der Waals surface area contributed by atoms with E-state index < -0.39 is 10.2 Å². The molecule has 1 amide bonds. The van der Waals surface area contributed by atoms with E-state index in [0.717, 1.165) is 31.4 Å². The highest BCUT2D eigenvalue weighted by atomic mass is 32.2. The van der Waals surface area contributed by atoms with Gasteiger partial charge in [0.25, 0.3) is 16.1 Å². The molecule has 3 aliphatic heterocycles. The van der Waals surface area contributed by atoms with Gasteiger partial charge in [-0.15, -0.1) is 0 Å². The molecule has 4 heterocycles. The highest BCUT2D eigenvalue weighted by molar-refractivity contribution is 7.86. The highest BCUT2D eigenvalue weighted by Crippen LogP contribution is 2.40. The predicted octanol–water partition coefficient (Wildman–Crippen LogP) is 0.680. The lowest BCUT2D eigenvalue weighted by Gasteiger charge is -2.41. The van der Waals surface area contributed by atoms with Gasteiger partial charge in [0.2, 0.25) is 0 Å². The smallest absolute Gasteiger partial charge is 0.282 e. The molecule has 5 rings (SSSR count). The normalized spacial score (nSPS) is 31.8. The lowest BCUT2D eigenvalue weighted by atomic mass is 9.99. The van der Waals surface area contributed by atoms with Gasteiger partial charge in [-0.25, -0.2) is 0 Å². The molecule has 0 unspecified atom stereocenters. The van der Waals surface area contributed by atoms with Crippen LogP contribution < -0.4 is 11.1 Å². The second kappa shape index (κ2) is 7.33. The summed E-state index contributed by atoms with van der Waals surface area (Å²) in [6.07, 6.45) is 6.78. The number of hydrogen-bond donors (Lipinski definition) is 3. The Bertz CT molecular complexity index is 860. The van der Waals surface area contributed by atoms with Gasteiger partial charge in [0.05, 0.1) is 0 Å². The van der Waals surface area contributed by atoms with Gasteiger partial charge in [0.1, 0.15) is 5.69 Å². The van der Waals surface area contributed by atoms with Gasteiger partial charge in [-0.05, 0) is 57.4 Å². The molecule has 4 N–H and O–H groups in total. The number of carbonyl (C=O) groups excluding carboxylic acids is 1. The molecule has 4 aliphatic rings. The molecule has 4 fully saturated rings. The highest BCUT2D eigenvalue weighted by Gasteiger charge is 2.49. The summed E-state index contributed by atoms with van der Waals surface area (Å²) in [5.41, 5.74) is 7.41. The molecule has 1 saturated carbocycles.